The molecule has 6 nitrogen and oxygen atoms in total. The topological polar surface area (TPSA) is 86.7 Å². The molecule has 0 aromatic heterocycles. The molecular weight excluding hydrogens is 296 g/mol. The predicted octanol–water partition coefficient (Wildman–Crippen LogP) is 2.17. The molecule has 2 amide bonds. The van der Waals surface area contributed by atoms with Crippen molar-refractivity contribution in [2.75, 3.05) is 6.54 Å². The van der Waals surface area contributed by atoms with Gasteiger partial charge >= 0.3 is 5.97 Å². The first kappa shape index (κ1) is 19.5. The minimum Gasteiger partial charge on any atom is -0.480 e. The number of amides is 2. The van der Waals surface area contributed by atoms with Gasteiger partial charge in [-0.2, -0.15) is 0 Å². The van der Waals surface area contributed by atoms with E-state index in [1.54, 1.807) is 0 Å². The van der Waals surface area contributed by atoms with Crippen LogP contribution in [0.2, 0.25) is 0 Å². The number of carbonyl (C=O) groups excluding carboxylic acids is 2. The van der Waals surface area contributed by atoms with E-state index in [0.29, 0.717) is 19.4 Å². The Kier molecular flexibility index (Phi) is 8.66. The molecule has 3 atom stereocenters. The average Bonchev–Trinajstić information content (AvgIpc) is 3.00. The van der Waals surface area contributed by atoms with Gasteiger partial charge in [0.25, 0.3) is 0 Å². The van der Waals surface area contributed by atoms with Crippen molar-refractivity contribution >= 4 is 18.3 Å². The van der Waals surface area contributed by atoms with Crippen LogP contribution in [-0.4, -0.2) is 46.9 Å². The fourth-order valence-electron chi connectivity index (χ4n) is 3.13. The lowest BCUT2D eigenvalue weighted by Gasteiger charge is -2.25. The number of aliphatic carboxylic acids is 1. The maximum atomic E-state index is 12.3. The summed E-state index contributed by atoms with van der Waals surface area (Å²) in [6, 6.07) is -1.41. The summed E-state index contributed by atoms with van der Waals surface area (Å²) < 4.78 is 0. The van der Waals surface area contributed by atoms with E-state index in [4.69, 9.17) is 0 Å². The third-order valence-corrected chi connectivity index (χ3v) is 4.63. The first-order chi connectivity index (χ1) is 11.0. The van der Waals surface area contributed by atoms with Crippen LogP contribution < -0.4 is 5.32 Å². The normalized spacial score (nSPS) is 20.1. The number of carboxylic acid groups (broad SMARTS) is 1. The van der Waals surface area contributed by atoms with Crippen molar-refractivity contribution in [2.24, 2.45) is 5.92 Å². The van der Waals surface area contributed by atoms with Gasteiger partial charge < -0.3 is 15.3 Å². The zero-order valence-electron chi connectivity index (χ0n) is 14.3. The summed E-state index contributed by atoms with van der Waals surface area (Å²) in [5.41, 5.74) is 0. The molecule has 0 aromatic carbocycles. The van der Waals surface area contributed by atoms with Crippen molar-refractivity contribution in [3.8, 4) is 0 Å². The molecule has 1 aliphatic heterocycles. The Hall–Kier alpha value is -1.59. The van der Waals surface area contributed by atoms with E-state index in [9.17, 15) is 19.5 Å². The van der Waals surface area contributed by atoms with Gasteiger partial charge in [-0.25, -0.2) is 4.79 Å². The third-order valence-electron chi connectivity index (χ3n) is 4.63. The Balaban J connectivity index is 2.48. The number of likely N-dealkylation sites (tertiary alicyclic amines) is 1. The zero-order valence-corrected chi connectivity index (χ0v) is 14.3. The predicted molar refractivity (Wildman–Crippen MR) is 87.9 cm³/mol. The highest BCUT2D eigenvalue weighted by Crippen LogP contribution is 2.18. The van der Waals surface area contributed by atoms with Crippen LogP contribution in [0, 0.1) is 5.92 Å². The Labute approximate surface area is 138 Å². The highest BCUT2D eigenvalue weighted by molar-refractivity contribution is 5.88. The lowest BCUT2D eigenvalue weighted by atomic mass is 9.94. The number of hydrogen-bond donors (Lipinski definition) is 2. The van der Waals surface area contributed by atoms with Crippen LogP contribution in [0.1, 0.15) is 65.2 Å². The standard InChI is InChI=1S/C17H30N2O4/c1-3-4-5-6-7-9-13(2)15(17(22)23)18-16(21)14-10-8-11-19(14)12-20/h12-15H,3-11H2,1-2H3,(H,18,21)(H,22,23)/t13?,14-,15?/m0/s1. The van der Waals surface area contributed by atoms with E-state index < -0.39 is 18.1 Å². The molecule has 1 fully saturated rings. The Bertz CT molecular complexity index is 400. The number of carboxylic acids is 1. The molecule has 1 aliphatic rings. The first-order valence-electron chi connectivity index (χ1n) is 8.75. The summed E-state index contributed by atoms with van der Waals surface area (Å²) in [5.74, 6) is -1.47. The van der Waals surface area contributed by atoms with Crippen LogP contribution in [0.25, 0.3) is 0 Å². The molecule has 0 spiro atoms. The smallest absolute Gasteiger partial charge is 0.326 e. The van der Waals surface area contributed by atoms with Crippen molar-refractivity contribution in [2.45, 2.75) is 77.3 Å². The van der Waals surface area contributed by atoms with Crippen LogP contribution in [0.15, 0.2) is 0 Å². The van der Waals surface area contributed by atoms with E-state index in [-0.39, 0.29) is 11.8 Å². The van der Waals surface area contributed by atoms with Crippen LogP contribution in [-0.2, 0) is 14.4 Å². The van der Waals surface area contributed by atoms with Crippen molar-refractivity contribution in [3.05, 3.63) is 0 Å². The number of carbonyl (C=O) groups is 3. The number of nitrogens with zero attached hydrogens (tertiary/aromatic N) is 1. The highest BCUT2D eigenvalue weighted by atomic mass is 16.4. The highest BCUT2D eigenvalue weighted by Gasteiger charge is 2.33. The van der Waals surface area contributed by atoms with Gasteiger partial charge in [0.15, 0.2) is 0 Å². The van der Waals surface area contributed by atoms with E-state index >= 15 is 0 Å². The largest absolute Gasteiger partial charge is 0.480 e. The quantitative estimate of drug-likeness (QED) is 0.450. The van der Waals surface area contributed by atoms with Crippen molar-refractivity contribution in [1.29, 1.82) is 0 Å². The van der Waals surface area contributed by atoms with Gasteiger partial charge in [0.2, 0.25) is 12.3 Å². The lowest BCUT2D eigenvalue weighted by molar-refractivity contribution is -0.144. The van der Waals surface area contributed by atoms with Gasteiger partial charge in [0.05, 0.1) is 0 Å². The molecule has 0 saturated carbocycles. The van der Waals surface area contributed by atoms with Gasteiger partial charge in [-0.3, -0.25) is 9.59 Å². The number of rotatable bonds is 11. The molecule has 0 bridgehead atoms. The van der Waals surface area contributed by atoms with Crippen LogP contribution in [0.4, 0.5) is 0 Å². The SMILES string of the molecule is CCCCCCCC(C)C(NC(=O)[C@@H]1CCCN1C=O)C(=O)O. The Morgan fingerprint density at radius 3 is 2.61 bits per heavy atom. The van der Waals surface area contributed by atoms with Crippen LogP contribution in [0.5, 0.6) is 0 Å². The minimum absolute atomic E-state index is 0.121. The maximum absolute atomic E-state index is 12.3. The third kappa shape index (κ3) is 6.20. The lowest BCUT2D eigenvalue weighted by Crippen LogP contribution is -2.51. The molecule has 6 heteroatoms. The van der Waals surface area contributed by atoms with E-state index in [1.807, 2.05) is 6.92 Å². The van der Waals surface area contributed by atoms with Gasteiger partial charge in [-0.05, 0) is 25.2 Å². The van der Waals surface area contributed by atoms with Crippen molar-refractivity contribution < 1.29 is 19.5 Å². The maximum Gasteiger partial charge on any atom is 0.326 e. The van der Waals surface area contributed by atoms with E-state index in [2.05, 4.69) is 12.2 Å². The van der Waals surface area contributed by atoms with Gasteiger partial charge in [0.1, 0.15) is 12.1 Å². The molecule has 2 unspecified atom stereocenters. The zero-order chi connectivity index (χ0) is 17.2. The second-order valence-corrected chi connectivity index (χ2v) is 6.51. The molecule has 1 saturated heterocycles. The molecule has 132 valence electrons. The Morgan fingerprint density at radius 1 is 1.30 bits per heavy atom. The average molecular weight is 326 g/mol. The van der Waals surface area contributed by atoms with E-state index in [1.165, 1.54) is 24.2 Å². The summed E-state index contributed by atoms with van der Waals surface area (Å²) >= 11 is 0. The summed E-state index contributed by atoms with van der Waals surface area (Å²) in [7, 11) is 0. The summed E-state index contributed by atoms with van der Waals surface area (Å²) in [6.45, 7) is 4.58. The van der Waals surface area contributed by atoms with Crippen LogP contribution in [0.3, 0.4) is 0 Å². The molecule has 23 heavy (non-hydrogen) atoms. The second kappa shape index (κ2) is 10.2. The first-order valence-corrected chi connectivity index (χ1v) is 8.75. The molecule has 1 heterocycles. The van der Waals surface area contributed by atoms with Crippen LogP contribution >= 0.6 is 0 Å². The van der Waals surface area contributed by atoms with Gasteiger partial charge in [-0.15, -0.1) is 0 Å². The molecule has 0 aromatic rings. The summed E-state index contributed by atoms with van der Waals surface area (Å²) in [5, 5.41) is 12.0. The molecular formula is C17H30N2O4. The van der Waals surface area contributed by atoms with Crippen molar-refractivity contribution in [1.82, 2.24) is 10.2 Å². The molecule has 0 radical (unpaired) electrons. The van der Waals surface area contributed by atoms with Gasteiger partial charge in [0, 0.05) is 6.54 Å². The van der Waals surface area contributed by atoms with E-state index in [0.717, 1.165) is 25.7 Å². The Morgan fingerprint density at radius 2 is 2.00 bits per heavy atom. The second-order valence-electron chi connectivity index (χ2n) is 6.51. The molecule has 0 aliphatic carbocycles. The summed E-state index contributed by atoms with van der Waals surface area (Å²) in [4.78, 5) is 36.1. The molecule has 2 N–H and O–H groups in total. The fourth-order valence-corrected chi connectivity index (χ4v) is 3.13. The molecule has 1 rings (SSSR count). The van der Waals surface area contributed by atoms with Crippen molar-refractivity contribution in [3.63, 3.8) is 0 Å². The fraction of sp³-hybridized carbons (Fsp3) is 0.824. The van der Waals surface area contributed by atoms with Gasteiger partial charge in [-0.1, -0.05) is 46.0 Å². The number of hydrogen-bond acceptors (Lipinski definition) is 3. The monoisotopic (exact) mass is 326 g/mol. The number of unbranched alkanes of at least 4 members (excludes halogenated alkanes) is 4. The minimum atomic E-state index is -1.00. The number of nitrogens with one attached hydrogen (secondary N) is 1. The summed E-state index contributed by atoms with van der Waals surface area (Å²) in [6.07, 6.45) is 8.46.